The second-order valence-electron chi connectivity index (χ2n) is 8.36. The van der Waals surface area contributed by atoms with E-state index in [1.807, 2.05) is 37.3 Å². The highest BCUT2D eigenvalue weighted by Gasteiger charge is 2.21. The van der Waals surface area contributed by atoms with Crippen molar-refractivity contribution in [1.29, 1.82) is 0 Å². The Balaban J connectivity index is 1.62. The molecule has 31 heavy (non-hydrogen) atoms. The van der Waals surface area contributed by atoms with Gasteiger partial charge >= 0.3 is 0 Å². The van der Waals surface area contributed by atoms with Crippen LogP contribution in [0.15, 0.2) is 47.1 Å². The van der Waals surface area contributed by atoms with Gasteiger partial charge in [-0.3, -0.25) is 0 Å². The SMILES string of the molecule is Cc1cc(-c2nnc3c4ccccc4c(OCc4nnccc4C(C)(C)C)nn23)no1. The van der Waals surface area contributed by atoms with Crippen LogP contribution in [0.1, 0.15) is 37.8 Å². The molecular weight excluding hydrogens is 394 g/mol. The first kappa shape index (κ1) is 19.1. The van der Waals surface area contributed by atoms with Crippen LogP contribution in [-0.2, 0) is 12.0 Å². The van der Waals surface area contributed by atoms with Gasteiger partial charge in [-0.15, -0.1) is 15.3 Å². The first-order valence-corrected chi connectivity index (χ1v) is 9.93. The first-order chi connectivity index (χ1) is 14.9. The van der Waals surface area contributed by atoms with Crippen molar-refractivity contribution >= 4 is 16.4 Å². The van der Waals surface area contributed by atoms with Crippen LogP contribution in [0.3, 0.4) is 0 Å². The van der Waals surface area contributed by atoms with E-state index in [1.54, 1.807) is 16.8 Å². The Kier molecular flexibility index (Phi) is 4.39. The molecule has 156 valence electrons. The number of hydrogen-bond donors (Lipinski definition) is 0. The van der Waals surface area contributed by atoms with Crippen molar-refractivity contribution in [2.24, 2.45) is 0 Å². The van der Waals surface area contributed by atoms with Crippen molar-refractivity contribution < 1.29 is 9.26 Å². The lowest BCUT2D eigenvalue weighted by molar-refractivity contribution is 0.284. The maximum Gasteiger partial charge on any atom is 0.240 e. The zero-order valence-electron chi connectivity index (χ0n) is 17.7. The Labute approximate surface area is 178 Å². The number of benzene rings is 1. The highest BCUT2D eigenvalue weighted by Crippen LogP contribution is 2.30. The predicted octanol–water partition coefficient (Wildman–Crippen LogP) is 3.91. The summed E-state index contributed by atoms with van der Waals surface area (Å²) < 4.78 is 13.0. The molecule has 0 aliphatic heterocycles. The Hall–Kier alpha value is -3.88. The van der Waals surface area contributed by atoms with Crippen molar-refractivity contribution in [3.8, 4) is 17.4 Å². The van der Waals surface area contributed by atoms with Gasteiger partial charge in [0.15, 0.2) is 11.3 Å². The normalized spacial score (nSPS) is 12.0. The van der Waals surface area contributed by atoms with Crippen molar-refractivity contribution in [3.05, 3.63) is 59.6 Å². The zero-order chi connectivity index (χ0) is 21.6. The minimum Gasteiger partial charge on any atom is -0.470 e. The van der Waals surface area contributed by atoms with Gasteiger partial charge in [0.1, 0.15) is 18.1 Å². The lowest BCUT2D eigenvalue weighted by Gasteiger charge is -2.21. The summed E-state index contributed by atoms with van der Waals surface area (Å²) in [6, 6.07) is 11.6. The van der Waals surface area contributed by atoms with Gasteiger partial charge in [0.2, 0.25) is 11.7 Å². The predicted molar refractivity (Wildman–Crippen MR) is 114 cm³/mol. The lowest BCUT2D eigenvalue weighted by Crippen LogP contribution is -2.17. The zero-order valence-corrected chi connectivity index (χ0v) is 17.7. The molecule has 0 N–H and O–H groups in total. The fraction of sp³-hybridized carbons (Fsp3) is 0.273. The third kappa shape index (κ3) is 3.37. The summed E-state index contributed by atoms with van der Waals surface area (Å²) in [7, 11) is 0. The standard InChI is InChI=1S/C22H21N7O2/c1-13-11-17(28-31-13)20-26-25-19-14-7-5-6-8-15(14)21(27-29(19)20)30-12-18-16(22(2,3)4)9-10-23-24-18/h5-11H,12H2,1-4H3. The van der Waals surface area contributed by atoms with Crippen molar-refractivity contribution in [2.75, 3.05) is 0 Å². The van der Waals surface area contributed by atoms with Gasteiger partial charge in [0, 0.05) is 23.0 Å². The average Bonchev–Trinajstić information content (AvgIpc) is 3.37. The molecule has 5 aromatic rings. The minimum atomic E-state index is -0.0830. The molecule has 0 atom stereocenters. The molecule has 5 rings (SSSR count). The van der Waals surface area contributed by atoms with E-state index in [4.69, 9.17) is 14.4 Å². The summed E-state index contributed by atoms with van der Waals surface area (Å²) in [5.74, 6) is 1.62. The van der Waals surface area contributed by atoms with Crippen LogP contribution in [0.2, 0.25) is 0 Å². The molecule has 0 amide bonds. The van der Waals surface area contributed by atoms with E-state index in [2.05, 4.69) is 46.3 Å². The van der Waals surface area contributed by atoms with Crippen molar-refractivity contribution in [3.63, 3.8) is 0 Å². The largest absolute Gasteiger partial charge is 0.470 e. The molecule has 0 aliphatic rings. The molecular formula is C22H21N7O2. The number of aryl methyl sites for hydroxylation is 1. The Morgan fingerprint density at radius 2 is 1.84 bits per heavy atom. The fourth-order valence-electron chi connectivity index (χ4n) is 3.58. The van der Waals surface area contributed by atoms with E-state index in [9.17, 15) is 0 Å². The second-order valence-corrected chi connectivity index (χ2v) is 8.36. The fourth-order valence-corrected chi connectivity index (χ4v) is 3.58. The van der Waals surface area contributed by atoms with Crippen LogP contribution >= 0.6 is 0 Å². The van der Waals surface area contributed by atoms with E-state index in [0.29, 0.717) is 28.8 Å². The summed E-state index contributed by atoms with van der Waals surface area (Å²) >= 11 is 0. The molecule has 0 radical (unpaired) electrons. The summed E-state index contributed by atoms with van der Waals surface area (Å²) in [4.78, 5) is 0. The smallest absolute Gasteiger partial charge is 0.240 e. The first-order valence-electron chi connectivity index (χ1n) is 9.93. The number of hydrogen-bond acceptors (Lipinski definition) is 8. The monoisotopic (exact) mass is 415 g/mol. The molecule has 0 saturated carbocycles. The molecule has 0 bridgehead atoms. The molecule has 9 heteroatoms. The number of rotatable bonds is 4. The molecule has 0 unspecified atom stereocenters. The van der Waals surface area contributed by atoms with Gasteiger partial charge in [-0.25, -0.2) is 0 Å². The Bertz CT molecular complexity index is 1400. The van der Waals surface area contributed by atoms with E-state index < -0.39 is 0 Å². The molecule has 1 aromatic carbocycles. The number of fused-ring (bicyclic) bond motifs is 3. The van der Waals surface area contributed by atoms with Crippen LogP contribution in [0, 0.1) is 6.92 Å². The lowest BCUT2D eigenvalue weighted by atomic mass is 9.86. The third-order valence-electron chi connectivity index (χ3n) is 5.04. The van der Waals surface area contributed by atoms with E-state index in [-0.39, 0.29) is 12.0 Å². The summed E-state index contributed by atoms with van der Waals surface area (Å²) in [5, 5.41) is 27.4. The van der Waals surface area contributed by atoms with Crippen molar-refractivity contribution in [1.82, 2.24) is 35.2 Å². The van der Waals surface area contributed by atoms with Gasteiger partial charge < -0.3 is 9.26 Å². The van der Waals surface area contributed by atoms with Gasteiger partial charge in [0.25, 0.3) is 0 Å². The van der Waals surface area contributed by atoms with Crippen molar-refractivity contribution in [2.45, 2.75) is 39.7 Å². The summed E-state index contributed by atoms with van der Waals surface area (Å²) in [5.41, 5.74) is 2.95. The number of nitrogens with zero attached hydrogens (tertiary/aromatic N) is 7. The third-order valence-corrected chi connectivity index (χ3v) is 5.04. The van der Waals surface area contributed by atoms with E-state index in [1.165, 1.54) is 0 Å². The highest BCUT2D eigenvalue weighted by atomic mass is 16.5. The molecule has 4 aromatic heterocycles. The molecule has 0 saturated heterocycles. The van der Waals surface area contributed by atoms with Crippen LogP contribution < -0.4 is 4.74 Å². The van der Waals surface area contributed by atoms with Gasteiger partial charge in [-0.05, 0) is 30.0 Å². The molecule has 0 aliphatic carbocycles. The summed E-state index contributed by atoms with van der Waals surface area (Å²) in [6.45, 7) is 8.47. The second kappa shape index (κ2) is 7.12. The average molecular weight is 415 g/mol. The van der Waals surface area contributed by atoms with Gasteiger partial charge in [-0.1, -0.05) is 44.1 Å². The molecule has 9 nitrogen and oxygen atoms in total. The van der Waals surface area contributed by atoms with Crippen LogP contribution in [-0.4, -0.2) is 35.2 Å². The van der Waals surface area contributed by atoms with Gasteiger partial charge in [0.05, 0.1) is 0 Å². The quantitative estimate of drug-likeness (QED) is 0.435. The number of aromatic nitrogens is 7. The Morgan fingerprint density at radius 3 is 2.58 bits per heavy atom. The van der Waals surface area contributed by atoms with E-state index in [0.717, 1.165) is 22.0 Å². The molecule has 4 heterocycles. The van der Waals surface area contributed by atoms with Crippen LogP contribution in [0.5, 0.6) is 5.88 Å². The van der Waals surface area contributed by atoms with Crippen LogP contribution in [0.4, 0.5) is 0 Å². The Morgan fingerprint density at radius 1 is 1.03 bits per heavy atom. The maximum absolute atomic E-state index is 6.18. The maximum atomic E-state index is 6.18. The highest BCUT2D eigenvalue weighted by molar-refractivity contribution is 5.96. The topological polar surface area (TPSA) is 104 Å². The van der Waals surface area contributed by atoms with Gasteiger partial charge in [-0.2, -0.15) is 14.7 Å². The minimum absolute atomic E-state index is 0.0830. The van der Waals surface area contributed by atoms with Crippen LogP contribution in [0.25, 0.3) is 27.9 Å². The summed E-state index contributed by atoms with van der Waals surface area (Å²) in [6.07, 6.45) is 1.70. The number of ether oxygens (including phenoxy) is 1. The molecule has 0 fully saturated rings. The molecule has 0 spiro atoms. The van der Waals surface area contributed by atoms with E-state index >= 15 is 0 Å².